The number of hydrogen-bond acceptors (Lipinski definition) is 6. The van der Waals surface area contributed by atoms with E-state index in [0.29, 0.717) is 23.1 Å². The molecule has 0 saturated heterocycles. The second-order valence-electron chi connectivity index (χ2n) is 4.55. The first-order valence-corrected chi connectivity index (χ1v) is 6.68. The minimum Gasteiger partial charge on any atom is -0.496 e. The normalized spacial score (nSPS) is 11.9. The summed E-state index contributed by atoms with van der Waals surface area (Å²) in [6.45, 7) is 0. The first kappa shape index (κ1) is 14.0. The van der Waals surface area contributed by atoms with Gasteiger partial charge in [-0.05, 0) is 18.2 Å². The Bertz CT molecular complexity index is 744. The standard InChI is InChI=1S/C15H15N5O2/c1-22-12-5-3-2-4-11(12)13(21)14-18-15(20-19-14)17-10-6-8-16-9-7-10/h2-9,13,21H,1H3,(H2,16,17,18,19,20). The minimum absolute atomic E-state index is 0.334. The molecule has 3 N–H and O–H groups in total. The molecule has 1 aromatic carbocycles. The fraction of sp³-hybridized carbons (Fsp3) is 0.133. The van der Waals surface area contributed by atoms with E-state index in [1.54, 1.807) is 43.8 Å². The quantitative estimate of drug-likeness (QED) is 0.667. The lowest BCUT2D eigenvalue weighted by Gasteiger charge is -2.11. The molecule has 22 heavy (non-hydrogen) atoms. The van der Waals surface area contributed by atoms with Gasteiger partial charge in [0.05, 0.1) is 7.11 Å². The predicted octanol–water partition coefficient (Wildman–Crippen LogP) is 2.03. The summed E-state index contributed by atoms with van der Waals surface area (Å²) in [4.78, 5) is 8.19. The molecule has 2 heterocycles. The van der Waals surface area contributed by atoms with Crippen molar-refractivity contribution in [2.24, 2.45) is 0 Å². The van der Waals surface area contributed by atoms with Crippen LogP contribution in [-0.2, 0) is 0 Å². The highest BCUT2D eigenvalue weighted by atomic mass is 16.5. The van der Waals surface area contributed by atoms with Gasteiger partial charge < -0.3 is 15.2 Å². The molecule has 2 aromatic heterocycles. The van der Waals surface area contributed by atoms with Gasteiger partial charge in [0.15, 0.2) is 5.82 Å². The van der Waals surface area contributed by atoms with Crippen molar-refractivity contribution in [2.75, 3.05) is 12.4 Å². The van der Waals surface area contributed by atoms with Crippen LogP contribution < -0.4 is 10.1 Å². The Morgan fingerprint density at radius 2 is 1.95 bits per heavy atom. The molecule has 3 rings (SSSR count). The maximum Gasteiger partial charge on any atom is 0.246 e. The number of aliphatic hydroxyl groups excluding tert-OH is 1. The number of methoxy groups -OCH3 is 1. The Balaban J connectivity index is 1.81. The van der Waals surface area contributed by atoms with Gasteiger partial charge >= 0.3 is 0 Å². The molecule has 1 atom stereocenters. The third-order valence-corrected chi connectivity index (χ3v) is 3.13. The maximum absolute atomic E-state index is 10.4. The smallest absolute Gasteiger partial charge is 0.246 e. The molecule has 7 nitrogen and oxygen atoms in total. The Morgan fingerprint density at radius 1 is 1.18 bits per heavy atom. The molecule has 0 aliphatic carbocycles. The number of anilines is 2. The van der Waals surface area contributed by atoms with Gasteiger partial charge in [-0.2, -0.15) is 4.98 Å². The van der Waals surface area contributed by atoms with Gasteiger partial charge in [-0.15, -0.1) is 5.10 Å². The highest BCUT2D eigenvalue weighted by molar-refractivity contribution is 5.51. The molecule has 0 fully saturated rings. The van der Waals surface area contributed by atoms with Crippen LogP contribution in [0.25, 0.3) is 0 Å². The number of aromatic amines is 1. The largest absolute Gasteiger partial charge is 0.496 e. The van der Waals surface area contributed by atoms with E-state index in [4.69, 9.17) is 4.74 Å². The number of rotatable bonds is 5. The molecule has 0 radical (unpaired) electrons. The molecule has 0 bridgehead atoms. The molecule has 0 aliphatic heterocycles. The van der Waals surface area contributed by atoms with Gasteiger partial charge in [0.2, 0.25) is 5.95 Å². The summed E-state index contributed by atoms with van der Waals surface area (Å²) >= 11 is 0. The molecule has 0 saturated carbocycles. The summed E-state index contributed by atoms with van der Waals surface area (Å²) in [5, 5.41) is 20.2. The van der Waals surface area contributed by atoms with Crippen molar-refractivity contribution < 1.29 is 9.84 Å². The lowest BCUT2D eigenvalue weighted by atomic mass is 10.1. The summed E-state index contributed by atoms with van der Waals surface area (Å²) in [6.07, 6.45) is 2.38. The molecule has 7 heteroatoms. The zero-order valence-corrected chi connectivity index (χ0v) is 11.9. The van der Waals surface area contributed by atoms with Crippen molar-refractivity contribution in [2.45, 2.75) is 6.10 Å². The van der Waals surface area contributed by atoms with E-state index in [-0.39, 0.29) is 0 Å². The Hall–Kier alpha value is -2.93. The van der Waals surface area contributed by atoms with Gasteiger partial charge in [0.1, 0.15) is 11.9 Å². The van der Waals surface area contributed by atoms with Crippen LogP contribution in [0.1, 0.15) is 17.5 Å². The summed E-state index contributed by atoms with van der Waals surface area (Å²) in [6, 6.07) is 10.8. The zero-order chi connectivity index (χ0) is 15.4. The second kappa shape index (κ2) is 6.23. The molecular formula is C15H15N5O2. The first-order valence-electron chi connectivity index (χ1n) is 6.68. The summed E-state index contributed by atoms with van der Waals surface area (Å²) in [7, 11) is 1.56. The Kier molecular flexibility index (Phi) is 3.97. The number of nitrogens with zero attached hydrogens (tertiary/aromatic N) is 3. The van der Waals surface area contributed by atoms with Crippen LogP contribution in [0.5, 0.6) is 5.75 Å². The minimum atomic E-state index is -0.948. The molecule has 3 aromatic rings. The molecule has 1 unspecified atom stereocenters. The van der Waals surface area contributed by atoms with E-state index >= 15 is 0 Å². The molecule has 0 amide bonds. The number of para-hydroxylation sites is 1. The van der Waals surface area contributed by atoms with Crippen LogP contribution in [0.15, 0.2) is 48.8 Å². The van der Waals surface area contributed by atoms with Crippen LogP contribution in [0.2, 0.25) is 0 Å². The maximum atomic E-state index is 10.4. The van der Waals surface area contributed by atoms with Gasteiger partial charge in [-0.25, -0.2) is 0 Å². The number of H-pyrrole nitrogens is 1. The third-order valence-electron chi connectivity index (χ3n) is 3.13. The third kappa shape index (κ3) is 2.89. The number of hydrogen-bond donors (Lipinski definition) is 3. The Morgan fingerprint density at radius 3 is 2.73 bits per heavy atom. The van der Waals surface area contributed by atoms with Crippen LogP contribution in [0, 0.1) is 0 Å². The number of nitrogens with one attached hydrogen (secondary N) is 2. The molecule has 112 valence electrons. The highest BCUT2D eigenvalue weighted by Crippen LogP contribution is 2.28. The molecule has 0 aliphatic rings. The number of aromatic nitrogens is 4. The number of ether oxygens (including phenoxy) is 1. The number of pyridine rings is 1. The topological polar surface area (TPSA) is 96.0 Å². The summed E-state index contributed by atoms with van der Waals surface area (Å²) in [5.41, 5.74) is 1.43. The lowest BCUT2D eigenvalue weighted by Crippen LogP contribution is -2.04. The predicted molar refractivity (Wildman–Crippen MR) is 81.0 cm³/mol. The summed E-state index contributed by atoms with van der Waals surface area (Å²) in [5.74, 6) is 1.30. The fourth-order valence-electron chi connectivity index (χ4n) is 2.06. The van der Waals surface area contributed by atoms with Crippen LogP contribution in [0.4, 0.5) is 11.6 Å². The van der Waals surface area contributed by atoms with E-state index in [1.165, 1.54) is 0 Å². The van der Waals surface area contributed by atoms with Gasteiger partial charge in [-0.3, -0.25) is 10.1 Å². The number of benzene rings is 1. The van der Waals surface area contributed by atoms with Crippen molar-refractivity contribution in [3.8, 4) is 5.75 Å². The van der Waals surface area contributed by atoms with Gasteiger partial charge in [-0.1, -0.05) is 18.2 Å². The monoisotopic (exact) mass is 297 g/mol. The average molecular weight is 297 g/mol. The van der Waals surface area contributed by atoms with Gasteiger partial charge in [0.25, 0.3) is 0 Å². The fourth-order valence-corrected chi connectivity index (χ4v) is 2.06. The van der Waals surface area contributed by atoms with Crippen molar-refractivity contribution in [1.29, 1.82) is 0 Å². The van der Waals surface area contributed by atoms with Crippen LogP contribution in [-0.4, -0.2) is 32.4 Å². The van der Waals surface area contributed by atoms with Crippen molar-refractivity contribution in [3.05, 3.63) is 60.2 Å². The van der Waals surface area contributed by atoms with E-state index in [1.807, 2.05) is 12.1 Å². The van der Waals surface area contributed by atoms with E-state index in [0.717, 1.165) is 5.69 Å². The SMILES string of the molecule is COc1ccccc1C(O)c1nc(Nc2ccncc2)n[nH]1. The number of aliphatic hydroxyl groups is 1. The van der Waals surface area contributed by atoms with E-state index in [9.17, 15) is 5.11 Å². The highest BCUT2D eigenvalue weighted by Gasteiger charge is 2.19. The van der Waals surface area contributed by atoms with E-state index < -0.39 is 6.10 Å². The van der Waals surface area contributed by atoms with Crippen LogP contribution >= 0.6 is 0 Å². The molecular weight excluding hydrogens is 282 g/mol. The van der Waals surface area contributed by atoms with E-state index in [2.05, 4.69) is 25.5 Å². The average Bonchev–Trinajstić information content (AvgIpc) is 3.03. The van der Waals surface area contributed by atoms with Crippen molar-refractivity contribution >= 4 is 11.6 Å². The second-order valence-corrected chi connectivity index (χ2v) is 4.55. The van der Waals surface area contributed by atoms with Crippen molar-refractivity contribution in [1.82, 2.24) is 20.2 Å². The van der Waals surface area contributed by atoms with Crippen molar-refractivity contribution in [3.63, 3.8) is 0 Å². The van der Waals surface area contributed by atoms with Gasteiger partial charge in [0, 0.05) is 23.6 Å². The molecule has 0 spiro atoms. The first-order chi connectivity index (χ1) is 10.8. The summed E-state index contributed by atoms with van der Waals surface area (Å²) < 4.78 is 5.25. The van der Waals surface area contributed by atoms with Crippen LogP contribution in [0.3, 0.4) is 0 Å². The Labute approximate surface area is 127 Å². The zero-order valence-electron chi connectivity index (χ0n) is 11.9. The lowest BCUT2D eigenvalue weighted by molar-refractivity contribution is 0.205.